The Kier molecular flexibility index (Phi) is 4.35. The largest absolute Gasteiger partial charge is 0.383 e. The highest BCUT2D eigenvalue weighted by atomic mass is 35.5. The Morgan fingerprint density at radius 2 is 1.79 bits per heavy atom. The van der Waals surface area contributed by atoms with Gasteiger partial charge in [0.2, 0.25) is 0 Å². The SMILES string of the molecule is COC(OC)[C@@H](O)c1ccccc1Cl. The van der Waals surface area contributed by atoms with Crippen LogP contribution in [-0.2, 0) is 9.47 Å². The molecule has 3 nitrogen and oxygen atoms in total. The van der Waals surface area contributed by atoms with Crippen LogP contribution >= 0.6 is 11.6 Å². The Morgan fingerprint density at radius 3 is 2.29 bits per heavy atom. The first-order chi connectivity index (χ1) is 6.70. The molecule has 0 spiro atoms. The van der Waals surface area contributed by atoms with E-state index in [-0.39, 0.29) is 0 Å². The van der Waals surface area contributed by atoms with Gasteiger partial charge in [-0.05, 0) is 6.07 Å². The summed E-state index contributed by atoms with van der Waals surface area (Å²) in [5.41, 5.74) is 0.600. The molecular weight excluding hydrogens is 204 g/mol. The Hall–Kier alpha value is -0.610. The maximum atomic E-state index is 9.83. The number of ether oxygens (including phenoxy) is 2. The van der Waals surface area contributed by atoms with Gasteiger partial charge in [-0.25, -0.2) is 0 Å². The van der Waals surface area contributed by atoms with Gasteiger partial charge in [0.25, 0.3) is 0 Å². The fraction of sp³-hybridized carbons (Fsp3) is 0.400. The van der Waals surface area contributed by atoms with Crippen LogP contribution in [0.2, 0.25) is 5.02 Å². The molecule has 0 aliphatic rings. The van der Waals surface area contributed by atoms with Gasteiger partial charge in [0.1, 0.15) is 6.10 Å². The van der Waals surface area contributed by atoms with Crippen LogP contribution in [0.15, 0.2) is 24.3 Å². The summed E-state index contributed by atoms with van der Waals surface area (Å²) >= 11 is 5.91. The quantitative estimate of drug-likeness (QED) is 0.783. The Labute approximate surface area is 88.2 Å². The van der Waals surface area contributed by atoms with Crippen LogP contribution < -0.4 is 0 Å². The van der Waals surface area contributed by atoms with Crippen LogP contribution in [0.3, 0.4) is 0 Å². The lowest BCUT2D eigenvalue weighted by molar-refractivity contribution is -0.166. The summed E-state index contributed by atoms with van der Waals surface area (Å²) in [4.78, 5) is 0. The summed E-state index contributed by atoms with van der Waals surface area (Å²) in [7, 11) is 2.93. The summed E-state index contributed by atoms with van der Waals surface area (Å²) in [5.74, 6) is 0. The molecule has 0 aliphatic carbocycles. The van der Waals surface area contributed by atoms with E-state index in [0.717, 1.165) is 0 Å². The van der Waals surface area contributed by atoms with Crippen molar-refractivity contribution in [3.8, 4) is 0 Å². The van der Waals surface area contributed by atoms with Crippen molar-refractivity contribution >= 4 is 11.6 Å². The van der Waals surface area contributed by atoms with E-state index in [0.29, 0.717) is 10.6 Å². The molecule has 1 aromatic rings. The molecule has 0 amide bonds. The van der Waals surface area contributed by atoms with E-state index in [9.17, 15) is 5.11 Å². The molecule has 0 unspecified atom stereocenters. The second kappa shape index (κ2) is 5.32. The van der Waals surface area contributed by atoms with E-state index >= 15 is 0 Å². The third-order valence-corrected chi connectivity index (χ3v) is 2.29. The fourth-order valence-electron chi connectivity index (χ4n) is 1.22. The van der Waals surface area contributed by atoms with Gasteiger partial charge in [-0.3, -0.25) is 0 Å². The lowest BCUT2D eigenvalue weighted by Gasteiger charge is -2.20. The number of hydrogen-bond donors (Lipinski definition) is 1. The highest BCUT2D eigenvalue weighted by Gasteiger charge is 2.21. The zero-order valence-corrected chi connectivity index (χ0v) is 8.86. The number of halogens is 1. The van der Waals surface area contributed by atoms with Gasteiger partial charge in [-0.2, -0.15) is 0 Å². The molecule has 0 saturated heterocycles. The van der Waals surface area contributed by atoms with Gasteiger partial charge in [-0.15, -0.1) is 0 Å². The Balaban J connectivity index is 2.88. The maximum Gasteiger partial charge on any atom is 0.187 e. The smallest absolute Gasteiger partial charge is 0.187 e. The number of aliphatic hydroxyl groups is 1. The number of rotatable bonds is 4. The van der Waals surface area contributed by atoms with Crippen LogP contribution in [-0.4, -0.2) is 25.6 Å². The maximum absolute atomic E-state index is 9.83. The molecule has 1 atom stereocenters. The summed E-state index contributed by atoms with van der Waals surface area (Å²) in [5, 5.41) is 10.3. The Bertz CT molecular complexity index is 286. The van der Waals surface area contributed by atoms with Crippen molar-refractivity contribution < 1.29 is 14.6 Å². The summed E-state index contributed by atoms with van der Waals surface area (Å²) in [6.45, 7) is 0. The van der Waals surface area contributed by atoms with Crippen LogP contribution in [0.25, 0.3) is 0 Å². The molecule has 4 heteroatoms. The van der Waals surface area contributed by atoms with Crippen LogP contribution in [0, 0.1) is 0 Å². The second-order valence-electron chi connectivity index (χ2n) is 2.81. The molecule has 0 aromatic heterocycles. The number of aliphatic hydroxyl groups excluding tert-OH is 1. The molecular formula is C10H13ClO3. The van der Waals surface area contributed by atoms with E-state index in [4.69, 9.17) is 21.1 Å². The van der Waals surface area contributed by atoms with Crippen molar-refractivity contribution in [3.05, 3.63) is 34.9 Å². The van der Waals surface area contributed by atoms with Gasteiger partial charge < -0.3 is 14.6 Å². The van der Waals surface area contributed by atoms with Crippen molar-refractivity contribution in [2.24, 2.45) is 0 Å². The van der Waals surface area contributed by atoms with Crippen molar-refractivity contribution in [3.63, 3.8) is 0 Å². The zero-order chi connectivity index (χ0) is 10.6. The fourth-order valence-corrected chi connectivity index (χ4v) is 1.46. The van der Waals surface area contributed by atoms with Gasteiger partial charge in [0.15, 0.2) is 6.29 Å². The second-order valence-corrected chi connectivity index (χ2v) is 3.21. The van der Waals surface area contributed by atoms with Crippen LogP contribution in [0.1, 0.15) is 11.7 Å². The van der Waals surface area contributed by atoms with Crippen molar-refractivity contribution in [2.45, 2.75) is 12.4 Å². The summed E-state index contributed by atoms with van der Waals surface area (Å²) in [6.07, 6.45) is -1.58. The van der Waals surface area contributed by atoms with Gasteiger partial charge in [0, 0.05) is 24.8 Å². The minimum Gasteiger partial charge on any atom is -0.383 e. The van der Waals surface area contributed by atoms with Crippen molar-refractivity contribution in [1.29, 1.82) is 0 Å². The molecule has 1 rings (SSSR count). The molecule has 0 fully saturated rings. The van der Waals surface area contributed by atoms with Crippen molar-refractivity contribution in [1.82, 2.24) is 0 Å². The normalized spacial score (nSPS) is 13.2. The molecule has 0 saturated carbocycles. The van der Waals surface area contributed by atoms with Crippen LogP contribution in [0.5, 0.6) is 0 Å². The predicted molar refractivity (Wildman–Crippen MR) is 54.2 cm³/mol. The first-order valence-corrected chi connectivity index (χ1v) is 4.56. The first kappa shape index (κ1) is 11.5. The minimum absolute atomic E-state index is 0.499. The van der Waals surface area contributed by atoms with Crippen molar-refractivity contribution in [2.75, 3.05) is 14.2 Å². The highest BCUT2D eigenvalue weighted by molar-refractivity contribution is 6.31. The molecule has 0 bridgehead atoms. The lowest BCUT2D eigenvalue weighted by atomic mass is 10.1. The third-order valence-electron chi connectivity index (χ3n) is 1.95. The van der Waals surface area contributed by atoms with Gasteiger partial charge in [0.05, 0.1) is 0 Å². The molecule has 0 aliphatic heterocycles. The predicted octanol–water partition coefficient (Wildman–Crippen LogP) is 1.99. The summed E-state index contributed by atoms with van der Waals surface area (Å²) in [6, 6.07) is 7.04. The van der Waals surface area contributed by atoms with E-state index in [1.807, 2.05) is 0 Å². The molecule has 14 heavy (non-hydrogen) atoms. The van der Waals surface area contributed by atoms with Gasteiger partial charge in [-0.1, -0.05) is 29.8 Å². The van der Waals surface area contributed by atoms with E-state index in [1.165, 1.54) is 14.2 Å². The zero-order valence-electron chi connectivity index (χ0n) is 8.11. The minimum atomic E-state index is -0.876. The number of benzene rings is 1. The average Bonchev–Trinajstić information content (AvgIpc) is 2.20. The van der Waals surface area contributed by atoms with Gasteiger partial charge >= 0.3 is 0 Å². The molecule has 0 radical (unpaired) electrons. The summed E-state index contributed by atoms with van der Waals surface area (Å²) < 4.78 is 9.88. The first-order valence-electron chi connectivity index (χ1n) is 4.18. The average molecular weight is 217 g/mol. The molecule has 1 N–H and O–H groups in total. The standard InChI is InChI=1S/C10H13ClO3/c1-13-10(14-2)9(12)7-5-3-4-6-8(7)11/h3-6,9-10,12H,1-2H3/t9-/m0/s1. The van der Waals surface area contributed by atoms with E-state index in [1.54, 1.807) is 24.3 Å². The van der Waals surface area contributed by atoms with Crippen LogP contribution in [0.4, 0.5) is 0 Å². The van der Waals surface area contributed by atoms with E-state index in [2.05, 4.69) is 0 Å². The molecule has 78 valence electrons. The molecule has 1 aromatic carbocycles. The highest BCUT2D eigenvalue weighted by Crippen LogP contribution is 2.26. The van der Waals surface area contributed by atoms with E-state index < -0.39 is 12.4 Å². The molecule has 0 heterocycles. The third kappa shape index (κ3) is 2.45. The Morgan fingerprint density at radius 1 is 1.21 bits per heavy atom. The lowest BCUT2D eigenvalue weighted by Crippen LogP contribution is -2.22. The monoisotopic (exact) mass is 216 g/mol. The topological polar surface area (TPSA) is 38.7 Å². The number of hydrogen-bond acceptors (Lipinski definition) is 3. The number of methoxy groups -OCH3 is 2.